The molecule has 0 saturated carbocycles. The first-order valence-electron chi connectivity index (χ1n) is 5.99. The number of nitrogens with one attached hydrogen (secondary N) is 1. The molecule has 2 rings (SSSR count). The Morgan fingerprint density at radius 3 is 2.89 bits per heavy atom. The lowest BCUT2D eigenvalue weighted by molar-refractivity contribution is -0.120. The molecule has 0 aliphatic rings. The lowest BCUT2D eigenvalue weighted by atomic mass is 10.2. The van der Waals surface area contributed by atoms with E-state index >= 15 is 0 Å². The Morgan fingerprint density at radius 1 is 1.47 bits per heavy atom. The molecule has 1 N–H and O–H groups in total. The van der Waals surface area contributed by atoms with Crippen molar-refractivity contribution in [2.24, 2.45) is 5.10 Å². The van der Waals surface area contributed by atoms with Gasteiger partial charge in [-0.05, 0) is 24.8 Å². The summed E-state index contributed by atoms with van der Waals surface area (Å²) in [5.41, 5.74) is 4.30. The smallest absolute Gasteiger partial charge is 0.246 e. The number of hydrogen-bond donors (Lipinski definition) is 1. The molecule has 0 unspecified atom stereocenters. The second-order valence-electron chi connectivity index (χ2n) is 3.96. The molecule has 0 aromatic carbocycles. The molecule has 1 amide bonds. The van der Waals surface area contributed by atoms with Crippen LogP contribution in [-0.4, -0.2) is 16.6 Å². The molecule has 0 atom stereocenters. The van der Waals surface area contributed by atoms with Gasteiger partial charge in [0.25, 0.3) is 0 Å². The van der Waals surface area contributed by atoms with Crippen LogP contribution in [0.2, 0.25) is 0 Å². The summed E-state index contributed by atoms with van der Waals surface area (Å²) in [5, 5.41) is 9.06. The van der Waals surface area contributed by atoms with Gasteiger partial charge in [0, 0.05) is 5.38 Å². The maximum atomic E-state index is 11.8. The topological polar surface area (TPSA) is 54.4 Å². The molecule has 19 heavy (non-hydrogen) atoms. The lowest BCUT2D eigenvalue weighted by Crippen LogP contribution is -2.21. The molecular weight excluding hydrogens is 278 g/mol. The minimum Gasteiger partial charge on any atom is -0.273 e. The van der Waals surface area contributed by atoms with Crippen molar-refractivity contribution in [2.75, 3.05) is 0 Å². The number of hydrazone groups is 1. The van der Waals surface area contributed by atoms with Crippen molar-refractivity contribution in [3.8, 4) is 0 Å². The Hall–Kier alpha value is -1.53. The number of aromatic nitrogens is 1. The van der Waals surface area contributed by atoms with E-state index in [1.165, 1.54) is 0 Å². The molecule has 0 fully saturated rings. The second kappa shape index (κ2) is 6.58. The largest absolute Gasteiger partial charge is 0.273 e. The maximum absolute atomic E-state index is 11.8. The molecule has 0 aliphatic carbocycles. The van der Waals surface area contributed by atoms with E-state index in [9.17, 15) is 4.79 Å². The highest BCUT2D eigenvalue weighted by molar-refractivity contribution is 7.12. The quantitative estimate of drug-likeness (QED) is 0.680. The Labute approximate surface area is 120 Å². The zero-order chi connectivity index (χ0) is 13.7. The van der Waals surface area contributed by atoms with Gasteiger partial charge in [0.15, 0.2) is 0 Å². The fraction of sp³-hybridized carbons (Fsp3) is 0.308. The fourth-order valence-corrected chi connectivity index (χ4v) is 2.97. The van der Waals surface area contributed by atoms with Crippen LogP contribution in [0.25, 0.3) is 0 Å². The number of thiazole rings is 1. The molecular formula is C13H15N3OS2. The molecule has 0 bridgehead atoms. The third kappa shape index (κ3) is 3.97. The van der Waals surface area contributed by atoms with Crippen LogP contribution in [0.4, 0.5) is 0 Å². The highest BCUT2D eigenvalue weighted by atomic mass is 32.1. The Balaban J connectivity index is 1.95. The van der Waals surface area contributed by atoms with Gasteiger partial charge in [-0.1, -0.05) is 13.0 Å². The fourth-order valence-electron chi connectivity index (χ4n) is 1.57. The predicted octanol–water partition coefficient (Wildman–Crippen LogP) is 2.99. The first-order chi connectivity index (χ1) is 9.19. The Bertz CT molecular complexity index is 572. The molecule has 2 aromatic heterocycles. The number of carbonyl (C=O) groups excluding carboxylic acids is 1. The molecule has 100 valence electrons. The van der Waals surface area contributed by atoms with Gasteiger partial charge in [0.2, 0.25) is 5.91 Å². The molecule has 4 nitrogen and oxygen atoms in total. The van der Waals surface area contributed by atoms with Crippen molar-refractivity contribution in [1.29, 1.82) is 0 Å². The third-order valence-electron chi connectivity index (χ3n) is 2.46. The van der Waals surface area contributed by atoms with E-state index in [1.54, 1.807) is 22.7 Å². The summed E-state index contributed by atoms with van der Waals surface area (Å²) in [4.78, 5) is 17.1. The normalized spacial score (nSPS) is 11.6. The van der Waals surface area contributed by atoms with Gasteiger partial charge in [0.05, 0.1) is 27.7 Å². The highest BCUT2D eigenvalue weighted by Crippen LogP contribution is 2.12. The molecule has 6 heteroatoms. The summed E-state index contributed by atoms with van der Waals surface area (Å²) in [6.07, 6.45) is 1.06. The zero-order valence-corrected chi connectivity index (χ0v) is 12.5. The summed E-state index contributed by atoms with van der Waals surface area (Å²) in [7, 11) is 0. The van der Waals surface area contributed by atoms with E-state index in [1.807, 2.05) is 36.7 Å². The van der Waals surface area contributed by atoms with Crippen LogP contribution in [0, 0.1) is 6.92 Å². The van der Waals surface area contributed by atoms with Gasteiger partial charge in [-0.3, -0.25) is 4.79 Å². The minimum atomic E-state index is -0.132. The number of carbonyl (C=O) groups is 1. The van der Waals surface area contributed by atoms with Gasteiger partial charge in [-0.2, -0.15) is 5.10 Å². The third-order valence-corrected chi connectivity index (χ3v) is 4.21. The summed E-state index contributed by atoms with van der Waals surface area (Å²) < 4.78 is 0. The number of hydrogen-bond acceptors (Lipinski definition) is 5. The van der Waals surface area contributed by atoms with Crippen LogP contribution in [0.15, 0.2) is 28.0 Å². The van der Waals surface area contributed by atoms with Crippen molar-refractivity contribution in [2.45, 2.75) is 26.7 Å². The SMILES string of the molecule is CC/C(=N/NC(=O)Cc1csc(C)n1)c1cccs1. The van der Waals surface area contributed by atoms with Gasteiger partial charge >= 0.3 is 0 Å². The molecule has 0 saturated heterocycles. The molecule has 2 aromatic rings. The number of amides is 1. The number of thiophene rings is 1. The highest BCUT2D eigenvalue weighted by Gasteiger charge is 2.07. The van der Waals surface area contributed by atoms with Crippen molar-refractivity contribution in [3.63, 3.8) is 0 Å². The summed E-state index contributed by atoms with van der Waals surface area (Å²) in [6.45, 7) is 3.95. The van der Waals surface area contributed by atoms with Crippen molar-refractivity contribution in [3.05, 3.63) is 38.5 Å². The summed E-state index contributed by atoms with van der Waals surface area (Å²) in [5.74, 6) is -0.132. The van der Waals surface area contributed by atoms with E-state index in [4.69, 9.17) is 0 Å². The van der Waals surface area contributed by atoms with E-state index in [2.05, 4.69) is 15.5 Å². The van der Waals surface area contributed by atoms with E-state index in [0.29, 0.717) is 0 Å². The van der Waals surface area contributed by atoms with Crippen LogP contribution >= 0.6 is 22.7 Å². The van der Waals surface area contributed by atoms with Crippen molar-refractivity contribution < 1.29 is 4.79 Å². The van der Waals surface area contributed by atoms with Crippen LogP contribution in [0.1, 0.15) is 28.9 Å². The van der Waals surface area contributed by atoms with E-state index in [0.717, 1.165) is 27.7 Å². The molecule has 2 heterocycles. The molecule has 0 radical (unpaired) electrons. The maximum Gasteiger partial charge on any atom is 0.246 e. The number of nitrogens with zero attached hydrogens (tertiary/aromatic N) is 2. The number of rotatable bonds is 5. The van der Waals surface area contributed by atoms with Crippen LogP contribution in [-0.2, 0) is 11.2 Å². The van der Waals surface area contributed by atoms with Crippen molar-refractivity contribution in [1.82, 2.24) is 10.4 Å². The zero-order valence-electron chi connectivity index (χ0n) is 10.8. The average molecular weight is 293 g/mol. The van der Waals surface area contributed by atoms with Gasteiger partial charge < -0.3 is 0 Å². The second-order valence-corrected chi connectivity index (χ2v) is 5.97. The summed E-state index contributed by atoms with van der Waals surface area (Å²) in [6, 6.07) is 3.98. The Morgan fingerprint density at radius 2 is 2.32 bits per heavy atom. The first kappa shape index (κ1) is 13.9. The predicted molar refractivity (Wildman–Crippen MR) is 79.8 cm³/mol. The lowest BCUT2D eigenvalue weighted by Gasteiger charge is -2.02. The van der Waals surface area contributed by atoms with Gasteiger partial charge in [-0.25, -0.2) is 10.4 Å². The van der Waals surface area contributed by atoms with Crippen LogP contribution in [0.5, 0.6) is 0 Å². The van der Waals surface area contributed by atoms with E-state index < -0.39 is 0 Å². The Kier molecular flexibility index (Phi) is 4.81. The first-order valence-corrected chi connectivity index (χ1v) is 7.75. The number of aryl methyl sites for hydroxylation is 1. The average Bonchev–Trinajstić information content (AvgIpc) is 3.02. The van der Waals surface area contributed by atoms with E-state index in [-0.39, 0.29) is 12.3 Å². The van der Waals surface area contributed by atoms with Crippen molar-refractivity contribution >= 4 is 34.3 Å². The summed E-state index contributed by atoms with van der Waals surface area (Å²) >= 11 is 3.17. The van der Waals surface area contributed by atoms with Crippen LogP contribution < -0.4 is 5.43 Å². The van der Waals surface area contributed by atoms with Gasteiger partial charge in [0.1, 0.15) is 0 Å². The molecule has 0 spiro atoms. The van der Waals surface area contributed by atoms with Gasteiger partial charge in [-0.15, -0.1) is 22.7 Å². The standard InChI is InChI=1S/C13H15N3OS2/c1-3-11(12-5-4-6-18-12)15-16-13(17)7-10-8-19-9(2)14-10/h4-6,8H,3,7H2,1-2H3,(H,16,17)/b15-11-. The minimum absolute atomic E-state index is 0.132. The monoisotopic (exact) mass is 293 g/mol. The van der Waals surface area contributed by atoms with Crippen LogP contribution in [0.3, 0.4) is 0 Å². The molecule has 0 aliphatic heterocycles.